The first kappa shape index (κ1) is 34.2. The highest BCUT2D eigenvalue weighted by atomic mass is 32.1. The predicted octanol–water partition coefficient (Wildman–Crippen LogP) is 4.75. The lowest BCUT2D eigenvalue weighted by molar-refractivity contribution is -0.135. The molecule has 0 unspecified atom stereocenters. The highest BCUT2D eigenvalue weighted by Gasteiger charge is 2.32. The topological polar surface area (TPSA) is 93.6 Å². The number of unbranched alkanes of at least 4 members (excludes halogenated alkanes) is 1. The van der Waals surface area contributed by atoms with E-state index in [0.717, 1.165) is 109 Å². The van der Waals surface area contributed by atoms with E-state index < -0.39 is 5.30 Å². The molecule has 2 saturated heterocycles. The van der Waals surface area contributed by atoms with E-state index in [1.54, 1.807) is 0 Å². The third-order valence-electron chi connectivity index (χ3n) is 8.66. The van der Waals surface area contributed by atoms with E-state index in [-0.39, 0.29) is 5.91 Å². The third-order valence-corrected chi connectivity index (χ3v) is 8.66. The first-order chi connectivity index (χ1) is 20.2. The molecule has 3 aliphatic heterocycles. The fourth-order valence-electron chi connectivity index (χ4n) is 6.32. The number of fused-ring (bicyclic) bond motifs is 1. The molecule has 10 heteroatoms. The fraction of sp³-hybridized carbons (Fsp3) is 0.719. The molecule has 2 fully saturated rings. The van der Waals surface area contributed by atoms with Crippen LogP contribution >= 0.6 is 12.6 Å². The zero-order valence-electron chi connectivity index (χ0n) is 25.9. The number of rotatable bonds is 13. The zero-order chi connectivity index (χ0) is 30.5. The predicted molar refractivity (Wildman–Crippen MR) is 170 cm³/mol. The number of nitrogens with zero attached hydrogens (tertiary/aromatic N) is 4. The molecule has 0 aromatic heterocycles. The molecule has 2 atom stereocenters. The van der Waals surface area contributed by atoms with Crippen molar-refractivity contribution in [3.63, 3.8) is 0 Å². The number of piperidine rings is 2. The van der Waals surface area contributed by atoms with E-state index >= 15 is 0 Å². The Hall–Kier alpha value is -2.30. The molecule has 2 amide bonds. The lowest BCUT2D eigenvalue weighted by Gasteiger charge is -2.41. The summed E-state index contributed by atoms with van der Waals surface area (Å²) in [5.74, 6) is 2.03. The summed E-state index contributed by atoms with van der Waals surface area (Å²) in [6.07, 6.45) is 10.1. The molecule has 0 spiro atoms. The van der Waals surface area contributed by atoms with E-state index in [0.29, 0.717) is 30.8 Å². The molecule has 4 rings (SSSR count). The van der Waals surface area contributed by atoms with Gasteiger partial charge in [0.2, 0.25) is 11.8 Å². The van der Waals surface area contributed by atoms with Gasteiger partial charge >= 0.3 is 5.30 Å². The minimum atomic E-state index is -1.14. The molecule has 1 aromatic carbocycles. The number of benzene rings is 1. The van der Waals surface area contributed by atoms with E-state index in [1.807, 2.05) is 0 Å². The van der Waals surface area contributed by atoms with Crippen LogP contribution in [-0.2, 0) is 16.0 Å². The number of hydrogen-bond acceptors (Lipinski definition) is 6. The maximum atomic E-state index is 13.7. The normalized spacial score (nSPS) is 20.5. The summed E-state index contributed by atoms with van der Waals surface area (Å²) in [7, 11) is 4.18. The van der Waals surface area contributed by atoms with Crippen LogP contribution in [0.1, 0.15) is 81.8 Å². The average Bonchev–Trinajstić information content (AvgIpc) is 3.42. The minimum Gasteiger partial charge on any atom is -0.493 e. The number of amides is 2. The summed E-state index contributed by atoms with van der Waals surface area (Å²) in [4.78, 5) is 43.8. The molecule has 3 aliphatic rings. The highest BCUT2D eigenvalue weighted by molar-refractivity contribution is 7.96. The van der Waals surface area contributed by atoms with E-state index in [2.05, 4.69) is 71.4 Å². The molecule has 236 valence electrons. The van der Waals surface area contributed by atoms with Crippen molar-refractivity contribution >= 4 is 29.7 Å². The number of carboxylic acid groups (broad SMARTS) is 1. The lowest BCUT2D eigenvalue weighted by Crippen LogP contribution is -2.50. The van der Waals surface area contributed by atoms with Crippen LogP contribution in [0.25, 0.3) is 0 Å². The molecular formula is C32H52N4O5S. The van der Waals surface area contributed by atoms with E-state index in [1.165, 1.54) is 11.1 Å². The molecular weight excluding hydrogens is 552 g/mol. The van der Waals surface area contributed by atoms with Gasteiger partial charge in [0.1, 0.15) is 5.75 Å². The van der Waals surface area contributed by atoms with Gasteiger partial charge in [-0.1, -0.05) is 38.1 Å². The number of carbonyl (C=O) groups is 3. The van der Waals surface area contributed by atoms with Gasteiger partial charge < -0.3 is 24.5 Å². The van der Waals surface area contributed by atoms with Crippen LogP contribution in [0.4, 0.5) is 4.79 Å². The number of likely N-dealkylation sites (tertiary alicyclic amines) is 2. The van der Waals surface area contributed by atoms with Gasteiger partial charge in [0, 0.05) is 51.6 Å². The van der Waals surface area contributed by atoms with Crippen LogP contribution in [0, 0.1) is 0 Å². The SMILES string of the molecule is CCCCN(CCCN(C)C)C(=O)CN1C[C@H](c2ccc3c(c2)CCO3)CC[C@@H]1CCN1CCCCC1=O.O=C(O)S. The Morgan fingerprint density at radius 3 is 2.57 bits per heavy atom. The van der Waals surface area contributed by atoms with Crippen molar-refractivity contribution in [3.05, 3.63) is 29.3 Å². The monoisotopic (exact) mass is 604 g/mol. The van der Waals surface area contributed by atoms with Crippen LogP contribution in [0.15, 0.2) is 18.2 Å². The maximum Gasteiger partial charge on any atom is 0.361 e. The Kier molecular flexibility index (Phi) is 14.4. The van der Waals surface area contributed by atoms with E-state index in [9.17, 15) is 9.59 Å². The molecule has 0 bridgehead atoms. The maximum absolute atomic E-state index is 13.7. The smallest absolute Gasteiger partial charge is 0.361 e. The standard InChI is InChI=1S/C31H50N4O3.CH2O2S/c1-4-5-17-33(19-8-16-32(2)3)31(37)24-35-23-27(25-11-13-29-26(22-25)15-21-38-29)10-12-28(35)14-20-34-18-7-6-9-30(34)36;2-1(3)4/h11,13,22,27-28H,4-10,12,14-21,23-24H2,1-3H3;4H,(H,2,3)/t27-,28-;/m1./s1. The van der Waals surface area contributed by atoms with Gasteiger partial charge in [-0.2, -0.15) is 0 Å². The third kappa shape index (κ3) is 11.1. The second kappa shape index (κ2) is 17.7. The Bertz CT molecular complexity index is 1020. The molecule has 3 heterocycles. The van der Waals surface area contributed by atoms with Crippen LogP contribution < -0.4 is 4.74 Å². The van der Waals surface area contributed by atoms with Gasteiger partial charge in [-0.15, -0.1) is 0 Å². The van der Waals surface area contributed by atoms with Crippen molar-refractivity contribution in [3.8, 4) is 5.75 Å². The van der Waals surface area contributed by atoms with Gasteiger partial charge in [0.25, 0.3) is 0 Å². The van der Waals surface area contributed by atoms with Crippen molar-refractivity contribution < 1.29 is 24.2 Å². The number of ether oxygens (including phenoxy) is 1. The van der Waals surface area contributed by atoms with Gasteiger partial charge in [-0.3, -0.25) is 14.5 Å². The van der Waals surface area contributed by atoms with Crippen molar-refractivity contribution in [2.24, 2.45) is 0 Å². The van der Waals surface area contributed by atoms with E-state index in [4.69, 9.17) is 14.6 Å². The van der Waals surface area contributed by atoms with Gasteiger partial charge in [0.05, 0.1) is 13.2 Å². The number of carbonyl (C=O) groups excluding carboxylic acids is 2. The molecule has 1 aromatic rings. The Morgan fingerprint density at radius 2 is 1.86 bits per heavy atom. The van der Waals surface area contributed by atoms with Crippen LogP contribution in [0.5, 0.6) is 5.75 Å². The first-order valence-electron chi connectivity index (χ1n) is 15.8. The van der Waals surface area contributed by atoms with Gasteiger partial charge in [-0.25, -0.2) is 4.79 Å². The molecule has 0 saturated carbocycles. The van der Waals surface area contributed by atoms with Crippen LogP contribution in [0.3, 0.4) is 0 Å². The van der Waals surface area contributed by atoms with Crippen molar-refractivity contribution in [2.75, 3.05) is 66.5 Å². The summed E-state index contributed by atoms with van der Waals surface area (Å²) in [5, 5.41) is 6.14. The summed E-state index contributed by atoms with van der Waals surface area (Å²) in [5.41, 5.74) is 2.70. The van der Waals surface area contributed by atoms with Crippen LogP contribution in [-0.4, -0.2) is 114 Å². The Morgan fingerprint density at radius 1 is 1.10 bits per heavy atom. The van der Waals surface area contributed by atoms with Gasteiger partial charge in [0.15, 0.2) is 0 Å². The van der Waals surface area contributed by atoms with Crippen molar-refractivity contribution in [1.29, 1.82) is 0 Å². The lowest BCUT2D eigenvalue weighted by atomic mass is 9.85. The second-order valence-electron chi connectivity index (χ2n) is 12.1. The van der Waals surface area contributed by atoms with Crippen molar-refractivity contribution in [2.45, 2.75) is 83.1 Å². The molecule has 1 N–H and O–H groups in total. The average molecular weight is 605 g/mol. The largest absolute Gasteiger partial charge is 0.493 e. The second-order valence-corrected chi connectivity index (χ2v) is 12.5. The molecule has 0 radical (unpaired) electrons. The zero-order valence-corrected chi connectivity index (χ0v) is 26.8. The minimum absolute atomic E-state index is 0.263. The number of hydrogen-bond donors (Lipinski definition) is 2. The first-order valence-corrected chi connectivity index (χ1v) is 16.2. The van der Waals surface area contributed by atoms with Crippen molar-refractivity contribution in [1.82, 2.24) is 19.6 Å². The van der Waals surface area contributed by atoms with Crippen LogP contribution in [0.2, 0.25) is 0 Å². The molecule has 9 nitrogen and oxygen atoms in total. The fourth-order valence-corrected chi connectivity index (χ4v) is 6.32. The summed E-state index contributed by atoms with van der Waals surface area (Å²) in [6.45, 7) is 8.73. The summed E-state index contributed by atoms with van der Waals surface area (Å²) in [6, 6.07) is 7.06. The Balaban J connectivity index is 0.00000114. The Labute approximate surface area is 257 Å². The highest BCUT2D eigenvalue weighted by Crippen LogP contribution is 2.35. The quantitative estimate of drug-likeness (QED) is 0.314. The molecule has 0 aliphatic carbocycles. The van der Waals surface area contributed by atoms with Gasteiger partial charge in [-0.05, 0) is 88.7 Å². The number of thiol groups is 1. The summed E-state index contributed by atoms with van der Waals surface area (Å²) < 4.78 is 5.74. The molecule has 42 heavy (non-hydrogen) atoms. The summed E-state index contributed by atoms with van der Waals surface area (Å²) >= 11 is 2.88.